The van der Waals surface area contributed by atoms with Gasteiger partial charge in [-0.15, -0.1) is 0 Å². The number of hydrogen-bond acceptors (Lipinski definition) is 4. The third-order valence-electron chi connectivity index (χ3n) is 5.96. The first kappa shape index (κ1) is 19.3. The van der Waals surface area contributed by atoms with E-state index in [0.717, 1.165) is 23.9 Å². The molecule has 6 heteroatoms. The normalized spacial score (nSPS) is 24.1. The Kier molecular flexibility index (Phi) is 5.60. The Balaban J connectivity index is 1.44. The number of benzene rings is 2. The molecule has 1 amide bonds. The van der Waals surface area contributed by atoms with Gasteiger partial charge in [0.1, 0.15) is 0 Å². The Morgan fingerprint density at radius 2 is 1.89 bits per heavy atom. The number of piperidine rings is 1. The van der Waals surface area contributed by atoms with Crippen molar-refractivity contribution in [3.05, 3.63) is 58.1 Å². The zero-order valence-corrected chi connectivity index (χ0v) is 17.6. The lowest BCUT2D eigenvalue weighted by atomic mass is 9.96. The Morgan fingerprint density at radius 3 is 2.54 bits per heavy atom. The Morgan fingerprint density at radius 1 is 1.21 bits per heavy atom. The molecule has 148 valence electrons. The van der Waals surface area contributed by atoms with Crippen LogP contribution in [0.2, 0.25) is 0 Å². The lowest BCUT2D eigenvalue weighted by Gasteiger charge is -2.39. The van der Waals surface area contributed by atoms with Crippen LogP contribution < -0.4 is 15.8 Å². The fraction of sp³-hybridized carbons (Fsp3) is 0.409. The van der Waals surface area contributed by atoms with E-state index in [4.69, 9.17) is 10.5 Å². The number of ether oxygens (including phenoxy) is 1. The molecule has 0 spiro atoms. The highest BCUT2D eigenvalue weighted by Crippen LogP contribution is 2.37. The van der Waals surface area contributed by atoms with Gasteiger partial charge in [-0.2, -0.15) is 0 Å². The molecule has 2 aromatic carbocycles. The van der Waals surface area contributed by atoms with Gasteiger partial charge >= 0.3 is 0 Å². The van der Waals surface area contributed by atoms with E-state index in [-0.39, 0.29) is 11.9 Å². The monoisotopic (exact) mass is 443 g/mol. The second-order valence-corrected chi connectivity index (χ2v) is 8.68. The molecule has 2 aliphatic rings. The van der Waals surface area contributed by atoms with Gasteiger partial charge in [0.25, 0.3) is 5.91 Å². The summed E-state index contributed by atoms with van der Waals surface area (Å²) in [5.74, 6) is 0.316. The van der Waals surface area contributed by atoms with Gasteiger partial charge in [0.15, 0.2) is 5.75 Å². The number of carbonyl (C=O) groups excluding carboxylic acids is 1. The van der Waals surface area contributed by atoms with Crippen LogP contribution in [0.4, 0.5) is 5.69 Å². The van der Waals surface area contributed by atoms with Gasteiger partial charge in [-0.1, -0.05) is 46.3 Å². The summed E-state index contributed by atoms with van der Waals surface area (Å²) in [4.78, 5) is 15.5. The summed E-state index contributed by atoms with van der Waals surface area (Å²) >= 11 is 3.42. The molecule has 2 heterocycles. The number of carbonyl (C=O) groups is 1. The molecule has 0 aliphatic carbocycles. The van der Waals surface area contributed by atoms with Crippen molar-refractivity contribution in [1.82, 2.24) is 10.2 Å². The number of fused-ring (bicyclic) bond motifs is 2. The third kappa shape index (κ3) is 3.89. The molecule has 28 heavy (non-hydrogen) atoms. The number of amides is 1. The number of nitrogens with one attached hydrogen (secondary N) is 1. The van der Waals surface area contributed by atoms with Crippen molar-refractivity contribution in [3.63, 3.8) is 0 Å². The third-order valence-corrected chi connectivity index (χ3v) is 6.42. The van der Waals surface area contributed by atoms with E-state index in [1.807, 2.05) is 0 Å². The zero-order chi connectivity index (χ0) is 19.7. The van der Waals surface area contributed by atoms with E-state index in [2.05, 4.69) is 56.5 Å². The zero-order valence-electron chi connectivity index (χ0n) is 16.0. The van der Waals surface area contributed by atoms with E-state index < -0.39 is 0 Å². The van der Waals surface area contributed by atoms with Gasteiger partial charge in [0, 0.05) is 29.1 Å². The van der Waals surface area contributed by atoms with Crippen molar-refractivity contribution in [1.29, 1.82) is 0 Å². The summed E-state index contributed by atoms with van der Waals surface area (Å²) in [5.41, 5.74) is 8.30. The summed E-state index contributed by atoms with van der Waals surface area (Å²) < 4.78 is 6.14. The maximum absolute atomic E-state index is 12.9. The molecule has 3 N–H and O–H groups in total. The Labute approximate surface area is 174 Å². The predicted octanol–water partition coefficient (Wildman–Crippen LogP) is 3.97. The smallest absolute Gasteiger partial charge is 0.255 e. The van der Waals surface area contributed by atoms with Crippen molar-refractivity contribution in [3.8, 4) is 5.75 Å². The van der Waals surface area contributed by atoms with Crippen LogP contribution in [-0.2, 0) is 6.54 Å². The molecule has 2 unspecified atom stereocenters. The van der Waals surface area contributed by atoms with E-state index in [9.17, 15) is 4.79 Å². The number of hydrogen-bond donors (Lipinski definition) is 2. The fourth-order valence-electron chi connectivity index (χ4n) is 4.72. The molecular weight excluding hydrogens is 418 g/mol. The molecule has 2 saturated heterocycles. The molecule has 2 aromatic rings. The SMILES string of the molecule is COc1c(N)cc(Br)cc1C(=O)NC1CC2CCC(C1)N2Cc1ccccc1. The minimum Gasteiger partial charge on any atom is -0.494 e. The van der Waals surface area contributed by atoms with E-state index >= 15 is 0 Å². The summed E-state index contributed by atoms with van der Waals surface area (Å²) in [6.45, 7) is 0.993. The lowest BCUT2D eigenvalue weighted by molar-refractivity contribution is 0.0825. The highest BCUT2D eigenvalue weighted by molar-refractivity contribution is 9.10. The van der Waals surface area contributed by atoms with Crippen LogP contribution in [0.5, 0.6) is 5.75 Å². The fourth-order valence-corrected chi connectivity index (χ4v) is 5.19. The number of nitrogens with zero attached hydrogens (tertiary/aromatic N) is 1. The van der Waals surface area contributed by atoms with Crippen molar-refractivity contribution in [2.75, 3.05) is 12.8 Å². The van der Waals surface area contributed by atoms with Gasteiger partial charge in [0.05, 0.1) is 18.4 Å². The van der Waals surface area contributed by atoms with Gasteiger partial charge in [-0.25, -0.2) is 0 Å². The van der Waals surface area contributed by atoms with Gasteiger partial charge in [-0.05, 0) is 43.4 Å². The molecule has 0 radical (unpaired) electrons. The molecule has 2 bridgehead atoms. The first-order valence-corrected chi connectivity index (χ1v) is 10.6. The highest BCUT2D eigenvalue weighted by atomic mass is 79.9. The first-order valence-electron chi connectivity index (χ1n) is 9.78. The van der Waals surface area contributed by atoms with E-state index in [1.54, 1.807) is 19.2 Å². The van der Waals surface area contributed by atoms with Gasteiger partial charge < -0.3 is 15.8 Å². The van der Waals surface area contributed by atoms with Crippen LogP contribution in [-0.4, -0.2) is 36.0 Å². The number of rotatable bonds is 5. The van der Waals surface area contributed by atoms with Gasteiger partial charge in [0.2, 0.25) is 0 Å². The molecule has 2 atom stereocenters. The van der Waals surface area contributed by atoms with Crippen LogP contribution in [0, 0.1) is 0 Å². The van der Waals surface area contributed by atoms with Crippen LogP contribution in [0.15, 0.2) is 46.9 Å². The minimum absolute atomic E-state index is 0.120. The summed E-state index contributed by atoms with van der Waals surface area (Å²) in [6.07, 6.45) is 4.38. The summed E-state index contributed by atoms with van der Waals surface area (Å²) in [6, 6.07) is 15.4. The number of methoxy groups -OCH3 is 1. The maximum atomic E-state index is 12.9. The number of anilines is 1. The minimum atomic E-state index is -0.120. The number of nitrogens with two attached hydrogens (primary N) is 1. The number of halogens is 1. The Bertz CT molecular complexity index is 844. The average molecular weight is 444 g/mol. The van der Waals surface area contributed by atoms with Crippen LogP contribution in [0.3, 0.4) is 0 Å². The summed E-state index contributed by atoms with van der Waals surface area (Å²) in [5, 5.41) is 3.23. The van der Waals surface area contributed by atoms with Gasteiger partial charge in [-0.3, -0.25) is 9.69 Å². The second kappa shape index (κ2) is 8.13. The van der Waals surface area contributed by atoms with E-state index in [0.29, 0.717) is 29.1 Å². The lowest BCUT2D eigenvalue weighted by Crippen LogP contribution is -2.50. The van der Waals surface area contributed by atoms with Crippen molar-refractivity contribution in [2.24, 2.45) is 0 Å². The van der Waals surface area contributed by atoms with Crippen molar-refractivity contribution in [2.45, 2.75) is 50.4 Å². The van der Waals surface area contributed by atoms with Crippen LogP contribution in [0.25, 0.3) is 0 Å². The topological polar surface area (TPSA) is 67.6 Å². The highest BCUT2D eigenvalue weighted by Gasteiger charge is 2.41. The quantitative estimate of drug-likeness (QED) is 0.686. The second-order valence-electron chi connectivity index (χ2n) is 7.76. The molecule has 0 aromatic heterocycles. The first-order chi connectivity index (χ1) is 13.5. The predicted molar refractivity (Wildman–Crippen MR) is 114 cm³/mol. The van der Waals surface area contributed by atoms with Crippen molar-refractivity contribution < 1.29 is 9.53 Å². The summed E-state index contributed by atoms with van der Waals surface area (Å²) in [7, 11) is 1.54. The average Bonchev–Trinajstić information content (AvgIpc) is 2.90. The van der Waals surface area contributed by atoms with Crippen molar-refractivity contribution >= 4 is 27.5 Å². The molecule has 4 rings (SSSR count). The standard InChI is InChI=1S/C22H26BrN3O2/c1-28-21-19(9-15(23)10-20(21)24)22(27)25-16-11-17-7-8-18(12-16)26(17)13-14-5-3-2-4-6-14/h2-6,9-10,16-18H,7-8,11-13,24H2,1H3,(H,25,27). The molecule has 0 saturated carbocycles. The molecular formula is C22H26BrN3O2. The van der Waals surface area contributed by atoms with E-state index in [1.165, 1.54) is 18.4 Å². The van der Waals surface area contributed by atoms with Crippen LogP contribution in [0.1, 0.15) is 41.6 Å². The molecule has 5 nitrogen and oxygen atoms in total. The maximum Gasteiger partial charge on any atom is 0.255 e. The molecule has 2 aliphatic heterocycles. The molecule has 2 fully saturated rings. The largest absolute Gasteiger partial charge is 0.494 e. The number of nitrogen functional groups attached to an aromatic ring is 1. The van der Waals surface area contributed by atoms with Crippen LogP contribution >= 0.6 is 15.9 Å². The Hall–Kier alpha value is -2.05.